The average molecular weight is 357 g/mol. The summed E-state index contributed by atoms with van der Waals surface area (Å²) < 4.78 is 2.83. The molecule has 0 aliphatic rings. The van der Waals surface area contributed by atoms with Crippen molar-refractivity contribution in [1.29, 1.82) is 0 Å². The molecule has 0 atom stereocenters. The molecule has 3 heterocycles. The van der Waals surface area contributed by atoms with Crippen LogP contribution >= 0.6 is 11.6 Å². The van der Waals surface area contributed by atoms with Crippen molar-refractivity contribution in [2.75, 3.05) is 0 Å². The van der Waals surface area contributed by atoms with Crippen LogP contribution in [0.5, 0.6) is 0 Å². The van der Waals surface area contributed by atoms with E-state index >= 15 is 0 Å². The Bertz CT molecular complexity index is 1210. The van der Waals surface area contributed by atoms with Gasteiger partial charge in [-0.2, -0.15) is 0 Å². The van der Waals surface area contributed by atoms with Crippen molar-refractivity contribution in [2.45, 2.75) is 6.92 Å². The molecule has 9 heteroatoms. The topological polar surface area (TPSA) is 97.9 Å². The minimum absolute atomic E-state index is 0.0759. The highest BCUT2D eigenvalue weighted by atomic mass is 35.5. The number of aromatic amines is 1. The first kappa shape index (κ1) is 15.3. The molecule has 8 nitrogen and oxygen atoms in total. The number of pyridine rings is 2. The molecular formula is C16H11ClN5O3+. The normalized spacial score (nSPS) is 11.3. The summed E-state index contributed by atoms with van der Waals surface area (Å²) in [7, 11) is 0. The van der Waals surface area contributed by atoms with Gasteiger partial charge < -0.3 is 0 Å². The van der Waals surface area contributed by atoms with E-state index < -0.39 is 10.5 Å². The quantitative estimate of drug-likeness (QED) is 0.258. The van der Waals surface area contributed by atoms with Crippen molar-refractivity contribution in [3.8, 4) is 5.69 Å². The van der Waals surface area contributed by atoms with Gasteiger partial charge >= 0.3 is 5.56 Å². The predicted octanol–water partition coefficient (Wildman–Crippen LogP) is 2.32. The van der Waals surface area contributed by atoms with Crippen LogP contribution in [0.4, 0.5) is 5.69 Å². The highest BCUT2D eigenvalue weighted by molar-refractivity contribution is 6.29. The van der Waals surface area contributed by atoms with Gasteiger partial charge in [-0.05, 0) is 31.2 Å². The van der Waals surface area contributed by atoms with Gasteiger partial charge in [0.1, 0.15) is 10.5 Å². The minimum Gasteiger partial charge on any atom is -0.258 e. The van der Waals surface area contributed by atoms with Crippen molar-refractivity contribution in [3.63, 3.8) is 0 Å². The number of halogens is 1. The third-order valence-electron chi connectivity index (χ3n) is 4.09. The van der Waals surface area contributed by atoms with Gasteiger partial charge in [-0.1, -0.05) is 33.6 Å². The van der Waals surface area contributed by atoms with E-state index in [1.807, 2.05) is 0 Å². The van der Waals surface area contributed by atoms with E-state index in [0.717, 1.165) is 0 Å². The Balaban J connectivity index is 2.18. The van der Waals surface area contributed by atoms with Crippen LogP contribution in [0.25, 0.3) is 22.1 Å². The van der Waals surface area contributed by atoms with Gasteiger partial charge in [-0.15, -0.1) is 4.52 Å². The number of rotatable bonds is 2. The summed E-state index contributed by atoms with van der Waals surface area (Å²) in [6.45, 7) is 1.57. The number of H-pyrrole nitrogens is 1. The number of aryl methyl sites for hydroxylation is 1. The van der Waals surface area contributed by atoms with E-state index in [-0.39, 0.29) is 11.2 Å². The molecule has 124 valence electrons. The van der Waals surface area contributed by atoms with Crippen LogP contribution < -0.4 is 10.1 Å². The number of nitrogens with zero attached hydrogens (tertiary/aromatic N) is 4. The molecule has 1 aromatic carbocycles. The molecule has 0 fully saturated rings. The Morgan fingerprint density at radius 2 is 2.04 bits per heavy atom. The van der Waals surface area contributed by atoms with Crippen LogP contribution in [0, 0.1) is 17.0 Å². The van der Waals surface area contributed by atoms with Crippen molar-refractivity contribution >= 4 is 33.7 Å². The molecule has 0 amide bonds. The first-order chi connectivity index (χ1) is 12.0. The third kappa shape index (κ3) is 2.18. The standard InChI is InChI=1S/C16H10ClN5O3/c1-9-14(22(24)25)11-4-2-3-5-12(11)21-15(9)16(23)20(19-21)10-6-7-13(17)18-8-10/h2-8H,1H3/p+1. The molecule has 4 rings (SSSR count). The fraction of sp³-hybridized carbons (Fsp3) is 0.0625. The lowest BCUT2D eigenvalue weighted by Gasteiger charge is -2.01. The molecule has 0 saturated heterocycles. The second kappa shape index (κ2) is 5.38. The molecule has 0 saturated carbocycles. The van der Waals surface area contributed by atoms with Crippen LogP contribution in [0.15, 0.2) is 47.4 Å². The van der Waals surface area contributed by atoms with Gasteiger partial charge in [0.25, 0.3) is 11.2 Å². The van der Waals surface area contributed by atoms with E-state index in [9.17, 15) is 14.9 Å². The van der Waals surface area contributed by atoms with Gasteiger partial charge in [0.15, 0.2) is 11.2 Å². The van der Waals surface area contributed by atoms with Crippen LogP contribution in [-0.4, -0.2) is 19.8 Å². The summed E-state index contributed by atoms with van der Waals surface area (Å²) in [5, 5.41) is 15.3. The second-order valence-corrected chi connectivity index (χ2v) is 5.90. The molecule has 0 radical (unpaired) electrons. The van der Waals surface area contributed by atoms with E-state index in [1.54, 1.807) is 47.8 Å². The summed E-state index contributed by atoms with van der Waals surface area (Å²) >= 11 is 5.79. The lowest BCUT2D eigenvalue weighted by atomic mass is 10.1. The Kier molecular flexibility index (Phi) is 3.29. The maximum Gasteiger partial charge on any atom is 0.407 e. The number of benzene rings is 1. The minimum atomic E-state index is -0.460. The number of nitrogens with one attached hydrogen (secondary N) is 1. The van der Waals surface area contributed by atoms with Gasteiger partial charge in [-0.3, -0.25) is 10.1 Å². The first-order valence-electron chi connectivity index (χ1n) is 7.33. The Labute approximate surface area is 145 Å². The maximum atomic E-state index is 12.9. The van der Waals surface area contributed by atoms with Gasteiger partial charge in [0, 0.05) is 0 Å². The Morgan fingerprint density at radius 1 is 1.28 bits per heavy atom. The lowest BCUT2D eigenvalue weighted by Crippen LogP contribution is -2.27. The summed E-state index contributed by atoms with van der Waals surface area (Å²) in [6.07, 6.45) is 1.45. The molecule has 0 spiro atoms. The highest BCUT2D eigenvalue weighted by Gasteiger charge is 2.29. The Morgan fingerprint density at radius 3 is 2.72 bits per heavy atom. The molecule has 4 aromatic rings. The van der Waals surface area contributed by atoms with Crippen LogP contribution in [0.3, 0.4) is 0 Å². The molecular weight excluding hydrogens is 346 g/mol. The fourth-order valence-electron chi connectivity index (χ4n) is 2.99. The molecule has 25 heavy (non-hydrogen) atoms. The maximum absolute atomic E-state index is 12.9. The summed E-state index contributed by atoms with van der Waals surface area (Å²) in [6, 6.07) is 10.1. The fourth-order valence-corrected chi connectivity index (χ4v) is 3.10. The number of para-hydroxylation sites is 1. The van der Waals surface area contributed by atoms with Crippen LogP contribution in [-0.2, 0) is 0 Å². The van der Waals surface area contributed by atoms with E-state index in [4.69, 9.17) is 11.6 Å². The van der Waals surface area contributed by atoms with Crippen LogP contribution in [0.2, 0.25) is 5.15 Å². The number of nitro groups is 1. The van der Waals surface area contributed by atoms with Crippen LogP contribution in [0.1, 0.15) is 5.56 Å². The average Bonchev–Trinajstić information content (AvgIpc) is 2.94. The van der Waals surface area contributed by atoms with E-state index in [2.05, 4.69) is 10.2 Å². The molecule has 1 N–H and O–H groups in total. The zero-order valence-electron chi connectivity index (χ0n) is 12.9. The molecule has 0 unspecified atom stereocenters. The van der Waals surface area contributed by atoms with Crippen molar-refractivity contribution in [3.05, 3.63) is 73.8 Å². The molecule has 0 aliphatic heterocycles. The van der Waals surface area contributed by atoms with Gasteiger partial charge in [0.2, 0.25) is 0 Å². The number of aromatic nitrogens is 4. The van der Waals surface area contributed by atoms with E-state index in [0.29, 0.717) is 27.3 Å². The van der Waals surface area contributed by atoms with Crippen molar-refractivity contribution in [1.82, 2.24) is 14.9 Å². The molecule has 0 aliphatic carbocycles. The predicted molar refractivity (Wildman–Crippen MR) is 91.3 cm³/mol. The van der Waals surface area contributed by atoms with Crippen molar-refractivity contribution in [2.24, 2.45) is 0 Å². The smallest absolute Gasteiger partial charge is 0.258 e. The SMILES string of the molecule is Cc1c([N+](=O)[O-])c2ccccc2[n+]2[nH]n(-c3ccc(Cl)nc3)c(=O)c12. The summed E-state index contributed by atoms with van der Waals surface area (Å²) in [5.41, 5.74) is 1.03. The highest BCUT2D eigenvalue weighted by Crippen LogP contribution is 2.28. The Hall–Kier alpha value is -3.26. The number of fused-ring (bicyclic) bond motifs is 3. The molecule has 3 aromatic heterocycles. The molecule has 0 bridgehead atoms. The third-order valence-corrected chi connectivity index (χ3v) is 4.32. The monoisotopic (exact) mass is 356 g/mol. The second-order valence-electron chi connectivity index (χ2n) is 5.51. The summed E-state index contributed by atoms with van der Waals surface area (Å²) in [4.78, 5) is 27.9. The summed E-state index contributed by atoms with van der Waals surface area (Å²) in [5.74, 6) is 0. The zero-order chi connectivity index (χ0) is 17.7. The number of hydrogen-bond acceptors (Lipinski definition) is 4. The lowest BCUT2D eigenvalue weighted by molar-refractivity contribution is -0.556. The van der Waals surface area contributed by atoms with Gasteiger partial charge in [-0.25, -0.2) is 9.78 Å². The van der Waals surface area contributed by atoms with E-state index in [1.165, 1.54) is 10.9 Å². The van der Waals surface area contributed by atoms with Gasteiger partial charge in [0.05, 0.1) is 16.7 Å². The zero-order valence-corrected chi connectivity index (χ0v) is 13.7. The van der Waals surface area contributed by atoms with Crippen molar-refractivity contribution < 1.29 is 9.44 Å². The largest absolute Gasteiger partial charge is 0.407 e. The first-order valence-corrected chi connectivity index (χ1v) is 7.71. The number of hydrogen-bond donors (Lipinski definition) is 1.